The Kier molecular flexibility index (Phi) is 7.06. The summed E-state index contributed by atoms with van der Waals surface area (Å²) in [6.07, 6.45) is 6.56. The SMILES string of the molecule is CCCOc1cccc(/C(O)=C2\C(=O)C(=O)N(CCCn3ccnc3)C2c2ccc(F)cc2)c1. The lowest BCUT2D eigenvalue weighted by Crippen LogP contribution is -2.31. The zero-order valence-electron chi connectivity index (χ0n) is 18.9. The maximum absolute atomic E-state index is 13.6. The molecule has 1 fully saturated rings. The zero-order valence-corrected chi connectivity index (χ0v) is 18.9. The molecule has 0 bridgehead atoms. The second kappa shape index (κ2) is 10.3. The van der Waals surface area contributed by atoms with Crippen molar-refractivity contribution < 1.29 is 23.8 Å². The summed E-state index contributed by atoms with van der Waals surface area (Å²) in [7, 11) is 0. The van der Waals surface area contributed by atoms with Crippen LogP contribution in [-0.2, 0) is 16.1 Å². The minimum atomic E-state index is -0.830. The molecule has 7 nitrogen and oxygen atoms in total. The van der Waals surface area contributed by atoms with Gasteiger partial charge in [0.25, 0.3) is 11.7 Å². The number of hydrogen-bond donors (Lipinski definition) is 1. The van der Waals surface area contributed by atoms with E-state index in [1.54, 1.807) is 36.8 Å². The standard InChI is InChI=1S/C26H26FN3O4/c1-2-15-34-21-6-3-5-19(16-21)24(31)22-23(18-7-9-20(27)10-8-18)30(26(33)25(22)32)13-4-12-29-14-11-28-17-29/h3,5-11,14,16-17,23,31H,2,4,12-13,15H2,1H3/b24-22+. The molecule has 34 heavy (non-hydrogen) atoms. The Morgan fingerprint density at radius 1 is 1.15 bits per heavy atom. The summed E-state index contributed by atoms with van der Waals surface area (Å²) in [5.74, 6) is -1.62. The molecule has 176 valence electrons. The number of rotatable bonds is 9. The summed E-state index contributed by atoms with van der Waals surface area (Å²) in [5.41, 5.74) is 0.896. The number of nitrogens with zero attached hydrogens (tertiary/aromatic N) is 3. The van der Waals surface area contributed by atoms with Gasteiger partial charge >= 0.3 is 0 Å². The highest BCUT2D eigenvalue weighted by molar-refractivity contribution is 6.46. The van der Waals surface area contributed by atoms with Gasteiger partial charge in [-0.25, -0.2) is 9.37 Å². The van der Waals surface area contributed by atoms with Crippen molar-refractivity contribution in [1.82, 2.24) is 14.5 Å². The molecule has 0 saturated carbocycles. The number of aliphatic hydroxyl groups excluding tert-OH is 1. The maximum Gasteiger partial charge on any atom is 0.295 e. The van der Waals surface area contributed by atoms with E-state index in [1.165, 1.54) is 29.2 Å². The molecular weight excluding hydrogens is 437 g/mol. The molecule has 1 N–H and O–H groups in total. The molecule has 1 aromatic heterocycles. The molecule has 1 amide bonds. The number of amides is 1. The molecule has 1 unspecified atom stereocenters. The molecule has 3 aromatic rings. The van der Waals surface area contributed by atoms with Crippen LogP contribution >= 0.6 is 0 Å². The molecule has 0 spiro atoms. The highest BCUT2D eigenvalue weighted by atomic mass is 19.1. The fraction of sp³-hybridized carbons (Fsp3) is 0.269. The molecule has 1 atom stereocenters. The van der Waals surface area contributed by atoms with Gasteiger partial charge in [-0.05, 0) is 42.7 Å². The smallest absolute Gasteiger partial charge is 0.295 e. The van der Waals surface area contributed by atoms with Crippen molar-refractivity contribution in [3.05, 3.63) is 89.8 Å². The van der Waals surface area contributed by atoms with Gasteiger partial charge in [-0.1, -0.05) is 31.2 Å². The molecule has 4 rings (SSSR count). The van der Waals surface area contributed by atoms with E-state index in [1.807, 2.05) is 17.7 Å². The first-order valence-corrected chi connectivity index (χ1v) is 11.2. The van der Waals surface area contributed by atoms with Crippen molar-refractivity contribution in [2.45, 2.75) is 32.4 Å². The Morgan fingerprint density at radius 3 is 2.65 bits per heavy atom. The summed E-state index contributed by atoms with van der Waals surface area (Å²) in [4.78, 5) is 31.6. The van der Waals surface area contributed by atoms with Crippen LogP contribution in [0.3, 0.4) is 0 Å². The van der Waals surface area contributed by atoms with Crippen LogP contribution in [0.2, 0.25) is 0 Å². The molecule has 0 aliphatic carbocycles. The number of carbonyl (C=O) groups is 2. The maximum atomic E-state index is 13.6. The highest BCUT2D eigenvalue weighted by Gasteiger charge is 2.45. The Labute approximate surface area is 197 Å². The lowest BCUT2D eigenvalue weighted by atomic mass is 9.95. The van der Waals surface area contributed by atoms with E-state index < -0.39 is 23.5 Å². The van der Waals surface area contributed by atoms with Crippen molar-refractivity contribution >= 4 is 17.4 Å². The van der Waals surface area contributed by atoms with Crippen LogP contribution in [0.5, 0.6) is 5.75 Å². The van der Waals surface area contributed by atoms with Gasteiger partial charge in [-0.3, -0.25) is 9.59 Å². The molecule has 1 aliphatic rings. The van der Waals surface area contributed by atoms with Crippen LogP contribution in [0.15, 0.2) is 72.8 Å². The molecule has 1 aliphatic heterocycles. The number of imidazole rings is 1. The minimum Gasteiger partial charge on any atom is -0.507 e. The average Bonchev–Trinajstić information content (AvgIpc) is 3.45. The second-order valence-corrected chi connectivity index (χ2v) is 8.07. The van der Waals surface area contributed by atoms with Gasteiger partial charge in [0.15, 0.2) is 0 Å². The van der Waals surface area contributed by atoms with Gasteiger partial charge < -0.3 is 19.3 Å². The Bertz CT molecular complexity index is 1190. The monoisotopic (exact) mass is 463 g/mol. The predicted molar refractivity (Wildman–Crippen MR) is 124 cm³/mol. The third-order valence-corrected chi connectivity index (χ3v) is 5.68. The fourth-order valence-corrected chi connectivity index (χ4v) is 4.05. The van der Waals surface area contributed by atoms with E-state index in [2.05, 4.69) is 4.98 Å². The summed E-state index contributed by atoms with van der Waals surface area (Å²) in [6.45, 7) is 3.39. The number of aliphatic hydroxyl groups is 1. The predicted octanol–water partition coefficient (Wildman–Crippen LogP) is 4.32. The van der Waals surface area contributed by atoms with Gasteiger partial charge in [0.1, 0.15) is 17.3 Å². The van der Waals surface area contributed by atoms with Crippen LogP contribution in [-0.4, -0.2) is 44.4 Å². The number of benzene rings is 2. The van der Waals surface area contributed by atoms with Gasteiger partial charge in [-0.15, -0.1) is 0 Å². The molecule has 2 aromatic carbocycles. The summed E-state index contributed by atoms with van der Waals surface area (Å²) in [6, 6.07) is 11.6. The fourth-order valence-electron chi connectivity index (χ4n) is 4.05. The van der Waals surface area contributed by atoms with Gasteiger partial charge in [-0.2, -0.15) is 0 Å². The van der Waals surface area contributed by atoms with Crippen molar-refractivity contribution in [3.8, 4) is 5.75 Å². The van der Waals surface area contributed by atoms with E-state index in [4.69, 9.17) is 4.74 Å². The number of aromatic nitrogens is 2. The third-order valence-electron chi connectivity index (χ3n) is 5.68. The van der Waals surface area contributed by atoms with Gasteiger partial charge in [0.05, 0.1) is 24.5 Å². The summed E-state index contributed by atoms with van der Waals surface area (Å²) >= 11 is 0. The Hall–Kier alpha value is -3.94. The van der Waals surface area contributed by atoms with Crippen molar-refractivity contribution in [2.75, 3.05) is 13.2 Å². The van der Waals surface area contributed by atoms with Crippen LogP contribution in [0, 0.1) is 5.82 Å². The number of halogens is 1. The number of likely N-dealkylation sites (tertiary alicyclic amines) is 1. The van der Waals surface area contributed by atoms with Crippen LogP contribution < -0.4 is 4.74 Å². The molecular formula is C26H26FN3O4. The van der Waals surface area contributed by atoms with E-state index >= 15 is 0 Å². The largest absolute Gasteiger partial charge is 0.507 e. The van der Waals surface area contributed by atoms with Crippen molar-refractivity contribution in [3.63, 3.8) is 0 Å². The minimum absolute atomic E-state index is 0.0214. The lowest BCUT2D eigenvalue weighted by Gasteiger charge is -2.25. The quantitative estimate of drug-likeness (QED) is 0.290. The van der Waals surface area contributed by atoms with Gasteiger partial charge in [0, 0.05) is 31.0 Å². The molecule has 8 heteroatoms. The third kappa shape index (κ3) is 4.85. The first kappa shape index (κ1) is 23.2. The van der Waals surface area contributed by atoms with Crippen molar-refractivity contribution in [2.24, 2.45) is 0 Å². The Morgan fingerprint density at radius 2 is 1.94 bits per heavy atom. The number of hydrogen-bond acceptors (Lipinski definition) is 5. The van der Waals surface area contributed by atoms with E-state index in [-0.39, 0.29) is 17.9 Å². The molecule has 2 heterocycles. The second-order valence-electron chi connectivity index (χ2n) is 8.07. The van der Waals surface area contributed by atoms with Crippen LogP contribution in [0.25, 0.3) is 5.76 Å². The number of ketones is 1. The lowest BCUT2D eigenvalue weighted by molar-refractivity contribution is -0.139. The number of Topliss-reactive ketones (excluding diaryl/α,β-unsaturated/α-hetero) is 1. The summed E-state index contributed by atoms with van der Waals surface area (Å²) in [5, 5.41) is 11.2. The van der Waals surface area contributed by atoms with Crippen molar-refractivity contribution in [1.29, 1.82) is 0 Å². The first-order chi connectivity index (χ1) is 16.5. The Balaban J connectivity index is 1.71. The normalized spacial score (nSPS) is 17.4. The number of aryl methyl sites for hydroxylation is 1. The zero-order chi connectivity index (χ0) is 24.1. The highest BCUT2D eigenvalue weighted by Crippen LogP contribution is 2.39. The van der Waals surface area contributed by atoms with Gasteiger partial charge in [0.2, 0.25) is 0 Å². The van der Waals surface area contributed by atoms with Crippen LogP contribution in [0.4, 0.5) is 4.39 Å². The number of carbonyl (C=O) groups excluding carboxylic acids is 2. The van der Waals surface area contributed by atoms with E-state index in [0.29, 0.717) is 36.4 Å². The molecule has 1 saturated heterocycles. The number of ether oxygens (including phenoxy) is 1. The van der Waals surface area contributed by atoms with E-state index in [0.717, 1.165) is 6.42 Å². The topological polar surface area (TPSA) is 84.7 Å². The van der Waals surface area contributed by atoms with Crippen LogP contribution in [0.1, 0.15) is 36.9 Å². The van der Waals surface area contributed by atoms with E-state index in [9.17, 15) is 19.1 Å². The summed E-state index contributed by atoms with van der Waals surface area (Å²) < 4.78 is 21.1. The first-order valence-electron chi connectivity index (χ1n) is 11.2. The molecule has 0 radical (unpaired) electrons. The average molecular weight is 464 g/mol.